The van der Waals surface area contributed by atoms with Crippen LogP contribution >= 0.6 is 11.3 Å². The van der Waals surface area contributed by atoms with Crippen molar-refractivity contribution < 1.29 is 0 Å². The van der Waals surface area contributed by atoms with E-state index in [1.165, 1.54) is 30.5 Å². The molecule has 0 aliphatic heterocycles. The van der Waals surface area contributed by atoms with Crippen molar-refractivity contribution in [3.05, 3.63) is 15.4 Å². The van der Waals surface area contributed by atoms with Gasteiger partial charge in [-0.3, -0.25) is 4.99 Å². The summed E-state index contributed by atoms with van der Waals surface area (Å²) in [6, 6.07) is 0.572. The SMILES string of the molecule is BC1(C)CCCc2c1s/c(=N/C)n2C(C)CC. The fourth-order valence-electron chi connectivity index (χ4n) is 2.79. The first-order chi connectivity index (χ1) is 8.01. The van der Waals surface area contributed by atoms with Gasteiger partial charge >= 0.3 is 0 Å². The highest BCUT2D eigenvalue weighted by molar-refractivity contribution is 7.09. The van der Waals surface area contributed by atoms with Gasteiger partial charge in [-0.2, -0.15) is 0 Å². The number of hydrogen-bond donors (Lipinski definition) is 0. The first-order valence-electron chi connectivity index (χ1n) is 6.68. The molecule has 4 heteroatoms. The van der Waals surface area contributed by atoms with E-state index in [-0.39, 0.29) is 0 Å². The Morgan fingerprint density at radius 2 is 2.29 bits per heavy atom. The average Bonchev–Trinajstić information content (AvgIpc) is 2.67. The Balaban J connectivity index is 2.64. The van der Waals surface area contributed by atoms with Crippen molar-refractivity contribution >= 4 is 19.2 Å². The van der Waals surface area contributed by atoms with Gasteiger partial charge in [-0.05, 0) is 37.9 Å². The molecule has 0 saturated heterocycles. The second-order valence-corrected chi connectivity index (χ2v) is 6.73. The maximum absolute atomic E-state index is 4.49. The van der Waals surface area contributed by atoms with Crippen molar-refractivity contribution in [1.82, 2.24) is 4.57 Å². The second-order valence-electron chi connectivity index (χ2n) is 5.75. The molecule has 0 N–H and O–H groups in total. The Bertz CT molecular complexity index is 470. The van der Waals surface area contributed by atoms with Gasteiger partial charge in [0.1, 0.15) is 7.85 Å². The monoisotopic (exact) mass is 250 g/mol. The third-order valence-electron chi connectivity index (χ3n) is 4.01. The van der Waals surface area contributed by atoms with Crippen LogP contribution in [-0.4, -0.2) is 19.5 Å². The molecule has 94 valence electrons. The first-order valence-corrected chi connectivity index (χ1v) is 7.50. The summed E-state index contributed by atoms with van der Waals surface area (Å²) in [4.78, 5) is 7.27. The lowest BCUT2D eigenvalue weighted by atomic mass is 9.63. The molecule has 0 spiro atoms. The van der Waals surface area contributed by atoms with Crippen LogP contribution in [0.2, 0.25) is 0 Å². The van der Waals surface area contributed by atoms with Crippen LogP contribution in [0.4, 0.5) is 0 Å². The minimum Gasteiger partial charge on any atom is -0.318 e. The van der Waals surface area contributed by atoms with Crippen LogP contribution in [0, 0.1) is 0 Å². The van der Waals surface area contributed by atoms with Gasteiger partial charge in [0.2, 0.25) is 0 Å². The standard InChI is InChI=1S/C13H23BN2S/c1-5-9(2)16-10-7-6-8-13(3,14)11(10)17-12(16)15-4/h9H,5-8,14H2,1-4H3/b15-12+. The van der Waals surface area contributed by atoms with Crippen molar-refractivity contribution in [3.63, 3.8) is 0 Å². The number of fused-ring (bicyclic) bond motifs is 1. The summed E-state index contributed by atoms with van der Waals surface area (Å²) in [5, 5.41) is 0.344. The third-order valence-corrected chi connectivity index (χ3v) is 5.56. The number of hydrogen-bond acceptors (Lipinski definition) is 2. The topological polar surface area (TPSA) is 17.3 Å². The van der Waals surface area contributed by atoms with Crippen LogP contribution < -0.4 is 4.80 Å². The van der Waals surface area contributed by atoms with Crippen molar-refractivity contribution in [3.8, 4) is 0 Å². The number of nitrogens with zero attached hydrogens (tertiary/aromatic N) is 2. The lowest BCUT2D eigenvalue weighted by Crippen LogP contribution is -2.28. The minimum atomic E-state index is 0.344. The molecule has 0 saturated carbocycles. The molecular weight excluding hydrogens is 227 g/mol. The van der Waals surface area contributed by atoms with Gasteiger partial charge in [-0.25, -0.2) is 0 Å². The Kier molecular flexibility index (Phi) is 3.53. The summed E-state index contributed by atoms with van der Waals surface area (Å²) < 4.78 is 2.49. The molecule has 1 aromatic heterocycles. The minimum absolute atomic E-state index is 0.344. The summed E-state index contributed by atoms with van der Waals surface area (Å²) in [5.74, 6) is 0. The predicted molar refractivity (Wildman–Crippen MR) is 77.6 cm³/mol. The van der Waals surface area contributed by atoms with Gasteiger partial charge in [0.25, 0.3) is 0 Å². The van der Waals surface area contributed by atoms with Gasteiger partial charge in [0.05, 0.1) is 0 Å². The number of aromatic nitrogens is 1. The zero-order valence-corrected chi connectivity index (χ0v) is 12.5. The zero-order chi connectivity index (χ0) is 12.6. The largest absolute Gasteiger partial charge is 0.318 e. The van der Waals surface area contributed by atoms with E-state index in [9.17, 15) is 0 Å². The summed E-state index contributed by atoms with van der Waals surface area (Å²) in [7, 11) is 4.30. The predicted octanol–water partition coefficient (Wildman–Crippen LogP) is 2.24. The lowest BCUT2D eigenvalue weighted by Gasteiger charge is -2.30. The van der Waals surface area contributed by atoms with E-state index in [1.54, 1.807) is 10.6 Å². The Morgan fingerprint density at radius 3 is 2.88 bits per heavy atom. The molecule has 0 radical (unpaired) electrons. The fraction of sp³-hybridized carbons (Fsp3) is 0.769. The number of thiazole rings is 1. The molecule has 1 aliphatic carbocycles. The van der Waals surface area contributed by atoms with Gasteiger partial charge in [-0.1, -0.05) is 13.8 Å². The average molecular weight is 250 g/mol. The first kappa shape index (κ1) is 12.9. The van der Waals surface area contributed by atoms with Crippen molar-refractivity contribution in [2.24, 2.45) is 4.99 Å². The molecule has 0 bridgehead atoms. The Hall–Kier alpha value is -0.505. The molecular formula is C13H23BN2S. The quantitative estimate of drug-likeness (QED) is 0.716. The van der Waals surface area contributed by atoms with Crippen LogP contribution in [0.5, 0.6) is 0 Å². The van der Waals surface area contributed by atoms with Gasteiger partial charge in [0.15, 0.2) is 4.80 Å². The van der Waals surface area contributed by atoms with Crippen molar-refractivity contribution in [2.45, 2.75) is 57.8 Å². The van der Waals surface area contributed by atoms with E-state index in [0.29, 0.717) is 11.4 Å². The summed E-state index contributed by atoms with van der Waals surface area (Å²) >= 11 is 1.91. The van der Waals surface area contributed by atoms with Crippen molar-refractivity contribution in [2.75, 3.05) is 7.05 Å². The summed E-state index contributed by atoms with van der Waals surface area (Å²) in [5.41, 5.74) is 1.56. The normalized spacial score (nSPS) is 26.9. The van der Waals surface area contributed by atoms with Gasteiger partial charge in [-0.15, -0.1) is 11.3 Å². The summed E-state index contributed by atoms with van der Waals surface area (Å²) in [6.07, 6.45) is 5.03. The van der Waals surface area contributed by atoms with Crippen LogP contribution in [0.1, 0.15) is 56.6 Å². The smallest absolute Gasteiger partial charge is 0.185 e. The van der Waals surface area contributed by atoms with Gasteiger partial charge in [0, 0.05) is 23.7 Å². The zero-order valence-electron chi connectivity index (χ0n) is 11.7. The highest BCUT2D eigenvalue weighted by Crippen LogP contribution is 2.37. The molecule has 0 fully saturated rings. The molecule has 0 amide bonds. The third kappa shape index (κ3) is 2.12. The molecule has 1 aromatic rings. The van der Waals surface area contributed by atoms with E-state index >= 15 is 0 Å². The van der Waals surface area contributed by atoms with Crippen LogP contribution in [0.25, 0.3) is 0 Å². The van der Waals surface area contributed by atoms with Crippen molar-refractivity contribution in [1.29, 1.82) is 0 Å². The van der Waals surface area contributed by atoms with Crippen LogP contribution in [0.3, 0.4) is 0 Å². The maximum atomic E-state index is 4.49. The van der Waals surface area contributed by atoms with E-state index in [4.69, 9.17) is 0 Å². The second kappa shape index (κ2) is 4.64. The lowest BCUT2D eigenvalue weighted by molar-refractivity contribution is 0.461. The molecule has 0 aromatic carbocycles. The Morgan fingerprint density at radius 1 is 1.59 bits per heavy atom. The van der Waals surface area contributed by atoms with Crippen LogP contribution in [0.15, 0.2) is 4.99 Å². The fourth-order valence-corrected chi connectivity index (χ4v) is 4.15. The maximum Gasteiger partial charge on any atom is 0.185 e. The number of rotatable bonds is 2. The van der Waals surface area contributed by atoms with E-state index < -0.39 is 0 Å². The van der Waals surface area contributed by atoms with Gasteiger partial charge < -0.3 is 4.57 Å². The molecule has 2 rings (SSSR count). The van der Waals surface area contributed by atoms with E-state index in [2.05, 4.69) is 38.2 Å². The van der Waals surface area contributed by atoms with E-state index in [0.717, 1.165) is 0 Å². The molecule has 2 atom stereocenters. The Labute approximate surface area is 109 Å². The molecule has 1 heterocycles. The molecule has 2 nitrogen and oxygen atoms in total. The van der Waals surface area contributed by atoms with E-state index in [1.807, 2.05) is 18.4 Å². The summed E-state index contributed by atoms with van der Waals surface area (Å²) in [6.45, 7) is 6.94. The van der Waals surface area contributed by atoms with Crippen LogP contribution in [-0.2, 0) is 11.7 Å². The highest BCUT2D eigenvalue weighted by atomic mass is 32.1. The molecule has 2 unspecified atom stereocenters. The highest BCUT2D eigenvalue weighted by Gasteiger charge is 2.32. The molecule has 1 aliphatic rings. The molecule has 17 heavy (non-hydrogen) atoms.